The van der Waals surface area contributed by atoms with Crippen molar-refractivity contribution in [3.8, 4) is 0 Å². The van der Waals surface area contributed by atoms with Gasteiger partial charge in [0.25, 0.3) is 11.8 Å². The van der Waals surface area contributed by atoms with E-state index in [4.69, 9.17) is 0 Å². The van der Waals surface area contributed by atoms with Crippen molar-refractivity contribution in [3.05, 3.63) is 51.2 Å². The van der Waals surface area contributed by atoms with Crippen LogP contribution in [0.4, 0.5) is 5.69 Å². The number of nitrogens with one attached hydrogen (secondary N) is 2. The summed E-state index contributed by atoms with van der Waals surface area (Å²) in [5.41, 5.74) is 2.24. The Morgan fingerprint density at radius 3 is 2.45 bits per heavy atom. The topological polar surface area (TPSA) is 58.2 Å². The second-order valence-corrected chi connectivity index (χ2v) is 5.72. The van der Waals surface area contributed by atoms with E-state index in [1.165, 1.54) is 11.3 Å². The van der Waals surface area contributed by atoms with Crippen molar-refractivity contribution in [2.24, 2.45) is 0 Å². The average molecular weight is 288 g/mol. The molecule has 0 saturated carbocycles. The first-order chi connectivity index (χ1) is 9.51. The fourth-order valence-corrected chi connectivity index (χ4v) is 2.69. The Morgan fingerprint density at radius 1 is 1.10 bits per heavy atom. The number of rotatable bonds is 3. The van der Waals surface area contributed by atoms with Crippen LogP contribution >= 0.6 is 11.3 Å². The number of hydrogen-bond donors (Lipinski definition) is 2. The molecule has 0 bridgehead atoms. The third-order valence-electron chi connectivity index (χ3n) is 3.00. The maximum Gasteiger partial charge on any atom is 0.265 e. The van der Waals surface area contributed by atoms with E-state index in [9.17, 15) is 9.59 Å². The van der Waals surface area contributed by atoms with E-state index in [0.29, 0.717) is 16.1 Å². The Balaban J connectivity index is 2.17. The molecule has 1 heterocycles. The third-order valence-corrected chi connectivity index (χ3v) is 4.15. The van der Waals surface area contributed by atoms with Crippen molar-refractivity contribution in [3.63, 3.8) is 0 Å². The molecule has 5 heteroatoms. The number of anilines is 1. The number of aryl methyl sites for hydroxylation is 2. The van der Waals surface area contributed by atoms with Gasteiger partial charge in [0.1, 0.15) is 0 Å². The van der Waals surface area contributed by atoms with Gasteiger partial charge in [-0.3, -0.25) is 9.59 Å². The first kappa shape index (κ1) is 14.3. The van der Waals surface area contributed by atoms with Gasteiger partial charge in [0, 0.05) is 23.2 Å². The van der Waals surface area contributed by atoms with Crippen molar-refractivity contribution < 1.29 is 9.59 Å². The Bertz CT molecular complexity index is 642. The molecule has 0 aliphatic rings. The Morgan fingerprint density at radius 2 is 1.85 bits per heavy atom. The molecule has 1 aromatic heterocycles. The summed E-state index contributed by atoms with van der Waals surface area (Å²) < 4.78 is 0. The van der Waals surface area contributed by atoms with Crippen molar-refractivity contribution in [2.75, 3.05) is 12.4 Å². The summed E-state index contributed by atoms with van der Waals surface area (Å²) in [5.74, 6) is -0.329. The summed E-state index contributed by atoms with van der Waals surface area (Å²) in [5, 5.41) is 5.36. The number of carbonyl (C=O) groups is 2. The summed E-state index contributed by atoms with van der Waals surface area (Å²) in [6.45, 7) is 3.97. The molecule has 1 aromatic carbocycles. The number of carbonyl (C=O) groups excluding carboxylic acids is 2. The highest BCUT2D eigenvalue weighted by atomic mass is 32.1. The highest BCUT2D eigenvalue weighted by Gasteiger charge is 2.11. The third kappa shape index (κ3) is 3.05. The molecule has 0 fully saturated rings. The Labute approximate surface area is 121 Å². The fourth-order valence-electron chi connectivity index (χ4n) is 1.76. The minimum absolute atomic E-state index is 0.153. The van der Waals surface area contributed by atoms with Crippen LogP contribution in [0.15, 0.2) is 30.3 Å². The van der Waals surface area contributed by atoms with Crippen LogP contribution in [-0.4, -0.2) is 18.9 Å². The van der Waals surface area contributed by atoms with Gasteiger partial charge in [-0.25, -0.2) is 0 Å². The lowest BCUT2D eigenvalue weighted by molar-refractivity contribution is 0.0961. The second kappa shape index (κ2) is 5.88. The molecule has 2 N–H and O–H groups in total. The van der Waals surface area contributed by atoms with Crippen LogP contribution in [0.3, 0.4) is 0 Å². The predicted octanol–water partition coefficient (Wildman–Crippen LogP) is 2.98. The van der Waals surface area contributed by atoms with Crippen LogP contribution < -0.4 is 10.6 Å². The van der Waals surface area contributed by atoms with Gasteiger partial charge in [-0.05, 0) is 43.7 Å². The van der Waals surface area contributed by atoms with Gasteiger partial charge in [0.15, 0.2) is 0 Å². The first-order valence-corrected chi connectivity index (χ1v) is 7.03. The van der Waals surface area contributed by atoms with Crippen molar-refractivity contribution >= 4 is 28.8 Å². The lowest BCUT2D eigenvalue weighted by Crippen LogP contribution is -2.18. The summed E-state index contributed by atoms with van der Waals surface area (Å²) in [6, 6.07) is 8.73. The lowest BCUT2D eigenvalue weighted by Gasteiger charge is -2.05. The van der Waals surface area contributed by atoms with E-state index in [1.54, 1.807) is 31.3 Å². The normalized spacial score (nSPS) is 10.2. The Hall–Kier alpha value is -2.14. The molecule has 0 aliphatic heterocycles. The monoisotopic (exact) mass is 288 g/mol. The van der Waals surface area contributed by atoms with Crippen LogP contribution in [0, 0.1) is 13.8 Å². The lowest BCUT2D eigenvalue weighted by atomic mass is 10.2. The smallest absolute Gasteiger partial charge is 0.265 e. The van der Waals surface area contributed by atoms with Gasteiger partial charge in [-0.2, -0.15) is 0 Å². The van der Waals surface area contributed by atoms with Crippen LogP contribution in [0.25, 0.3) is 0 Å². The molecule has 20 heavy (non-hydrogen) atoms. The summed E-state index contributed by atoms with van der Waals surface area (Å²) in [7, 11) is 1.57. The molecule has 0 aliphatic carbocycles. The maximum atomic E-state index is 12.1. The molecule has 104 valence electrons. The SMILES string of the molecule is CNC(=O)c1cccc(NC(=O)c2cc(C)c(C)s2)c1. The molecule has 0 spiro atoms. The van der Waals surface area contributed by atoms with Crippen LogP contribution in [-0.2, 0) is 0 Å². The van der Waals surface area contributed by atoms with Gasteiger partial charge in [0.05, 0.1) is 4.88 Å². The number of amides is 2. The Kier molecular flexibility index (Phi) is 4.20. The van der Waals surface area contributed by atoms with E-state index in [0.717, 1.165) is 10.4 Å². The van der Waals surface area contributed by atoms with Crippen molar-refractivity contribution in [2.45, 2.75) is 13.8 Å². The summed E-state index contributed by atoms with van der Waals surface area (Å²) >= 11 is 1.47. The molecule has 0 radical (unpaired) electrons. The molecular weight excluding hydrogens is 272 g/mol. The zero-order valence-electron chi connectivity index (χ0n) is 11.6. The molecule has 2 rings (SSSR count). The van der Waals surface area contributed by atoms with Crippen molar-refractivity contribution in [1.82, 2.24) is 5.32 Å². The minimum atomic E-state index is -0.177. The zero-order valence-corrected chi connectivity index (χ0v) is 12.4. The average Bonchev–Trinajstić information content (AvgIpc) is 2.78. The fraction of sp³-hybridized carbons (Fsp3) is 0.200. The van der Waals surface area contributed by atoms with E-state index in [1.807, 2.05) is 19.9 Å². The van der Waals surface area contributed by atoms with E-state index >= 15 is 0 Å². The van der Waals surface area contributed by atoms with E-state index < -0.39 is 0 Å². The second-order valence-electron chi connectivity index (χ2n) is 4.46. The van der Waals surface area contributed by atoms with Crippen LogP contribution in [0.5, 0.6) is 0 Å². The maximum absolute atomic E-state index is 12.1. The molecule has 4 nitrogen and oxygen atoms in total. The molecule has 0 atom stereocenters. The molecule has 0 saturated heterocycles. The standard InChI is InChI=1S/C15H16N2O2S/c1-9-7-13(20-10(9)2)15(19)17-12-6-4-5-11(8-12)14(18)16-3/h4-8H,1-3H3,(H,16,18)(H,17,19). The van der Waals surface area contributed by atoms with Crippen LogP contribution in [0.1, 0.15) is 30.5 Å². The number of thiophene rings is 1. The predicted molar refractivity (Wildman–Crippen MR) is 81.6 cm³/mol. The van der Waals surface area contributed by atoms with E-state index in [-0.39, 0.29) is 11.8 Å². The highest BCUT2D eigenvalue weighted by molar-refractivity contribution is 7.14. The van der Waals surface area contributed by atoms with Gasteiger partial charge in [-0.1, -0.05) is 6.07 Å². The van der Waals surface area contributed by atoms with E-state index in [2.05, 4.69) is 10.6 Å². The summed E-state index contributed by atoms with van der Waals surface area (Å²) in [4.78, 5) is 25.5. The molecular formula is C15H16N2O2S. The largest absolute Gasteiger partial charge is 0.355 e. The van der Waals surface area contributed by atoms with Crippen LogP contribution in [0.2, 0.25) is 0 Å². The molecule has 0 unspecified atom stereocenters. The zero-order chi connectivity index (χ0) is 14.7. The molecule has 2 aromatic rings. The highest BCUT2D eigenvalue weighted by Crippen LogP contribution is 2.22. The molecule has 2 amide bonds. The van der Waals surface area contributed by atoms with Crippen molar-refractivity contribution in [1.29, 1.82) is 0 Å². The van der Waals surface area contributed by atoms with Gasteiger partial charge >= 0.3 is 0 Å². The first-order valence-electron chi connectivity index (χ1n) is 6.22. The number of hydrogen-bond acceptors (Lipinski definition) is 3. The van der Waals surface area contributed by atoms with Gasteiger partial charge < -0.3 is 10.6 Å². The van der Waals surface area contributed by atoms with Gasteiger partial charge in [0.2, 0.25) is 0 Å². The number of benzene rings is 1. The van der Waals surface area contributed by atoms with Gasteiger partial charge in [-0.15, -0.1) is 11.3 Å². The minimum Gasteiger partial charge on any atom is -0.355 e. The summed E-state index contributed by atoms with van der Waals surface area (Å²) in [6.07, 6.45) is 0. The quantitative estimate of drug-likeness (QED) is 0.912.